The lowest BCUT2D eigenvalue weighted by Crippen LogP contribution is -2.38. The number of carbonyl (C=O) groups is 1. The van der Waals surface area contributed by atoms with E-state index in [4.69, 9.17) is 4.74 Å². The van der Waals surface area contributed by atoms with E-state index in [0.717, 1.165) is 23.1 Å². The van der Waals surface area contributed by atoms with Crippen LogP contribution in [-0.2, 0) is 9.53 Å². The maximum Gasteiger partial charge on any atom is 0.160 e. The molecule has 1 saturated carbocycles. The van der Waals surface area contributed by atoms with Crippen LogP contribution >= 0.6 is 0 Å². The lowest BCUT2D eigenvalue weighted by Gasteiger charge is -2.38. The summed E-state index contributed by atoms with van der Waals surface area (Å²) in [6.45, 7) is 8.52. The molecule has 0 bridgehead atoms. The first-order valence-electron chi connectivity index (χ1n) is 9.52. The highest BCUT2D eigenvalue weighted by Crippen LogP contribution is 2.54. The molecule has 0 unspecified atom stereocenters. The molecule has 3 rings (SSSR count). The second-order valence-corrected chi connectivity index (χ2v) is 8.90. The Morgan fingerprint density at radius 3 is 2.68 bits per heavy atom. The molecular weight excluding hydrogens is 316 g/mol. The molecular formula is C21H32O4. The van der Waals surface area contributed by atoms with Crippen molar-refractivity contribution in [3.8, 4) is 0 Å². The Balaban J connectivity index is 2.18. The smallest absolute Gasteiger partial charge is 0.160 e. The Labute approximate surface area is 151 Å². The Morgan fingerprint density at radius 1 is 1.40 bits per heavy atom. The number of carbonyl (C=O) groups excluding carboxylic acids is 1. The van der Waals surface area contributed by atoms with Gasteiger partial charge in [-0.25, -0.2) is 0 Å². The minimum atomic E-state index is -0.984. The molecule has 2 N–H and O–H groups in total. The van der Waals surface area contributed by atoms with E-state index in [1.54, 1.807) is 7.11 Å². The van der Waals surface area contributed by atoms with Crippen LogP contribution < -0.4 is 0 Å². The zero-order chi connectivity index (χ0) is 18.6. The summed E-state index contributed by atoms with van der Waals surface area (Å²) in [6.07, 6.45) is 4.16. The minimum Gasteiger partial charge on any atom is -0.392 e. The van der Waals surface area contributed by atoms with Crippen molar-refractivity contribution in [3.05, 3.63) is 22.8 Å². The van der Waals surface area contributed by atoms with Crippen molar-refractivity contribution in [1.29, 1.82) is 0 Å². The number of ether oxygens (including phenoxy) is 1. The van der Waals surface area contributed by atoms with Crippen LogP contribution in [0.1, 0.15) is 53.4 Å². The van der Waals surface area contributed by atoms with Crippen molar-refractivity contribution in [2.75, 3.05) is 13.7 Å². The van der Waals surface area contributed by atoms with E-state index in [0.29, 0.717) is 19.3 Å². The summed E-state index contributed by atoms with van der Waals surface area (Å²) in [5, 5.41) is 22.1. The molecule has 4 heteroatoms. The molecule has 0 heterocycles. The summed E-state index contributed by atoms with van der Waals surface area (Å²) < 4.78 is 5.30. The van der Waals surface area contributed by atoms with Crippen molar-refractivity contribution >= 4 is 5.78 Å². The van der Waals surface area contributed by atoms with E-state index < -0.39 is 17.1 Å². The highest BCUT2D eigenvalue weighted by atomic mass is 16.5. The van der Waals surface area contributed by atoms with Gasteiger partial charge in [0.2, 0.25) is 0 Å². The van der Waals surface area contributed by atoms with Gasteiger partial charge in [0.25, 0.3) is 0 Å². The van der Waals surface area contributed by atoms with Crippen molar-refractivity contribution in [3.63, 3.8) is 0 Å². The molecule has 0 saturated heterocycles. The van der Waals surface area contributed by atoms with Gasteiger partial charge in [-0.15, -0.1) is 0 Å². The van der Waals surface area contributed by atoms with E-state index in [2.05, 4.69) is 19.9 Å². The molecule has 0 amide bonds. The molecule has 0 radical (unpaired) electrons. The Kier molecular flexibility index (Phi) is 4.76. The Morgan fingerprint density at radius 2 is 2.08 bits per heavy atom. The first kappa shape index (κ1) is 18.8. The number of aliphatic hydroxyl groups is 2. The number of hydrogen-bond acceptors (Lipinski definition) is 4. The maximum atomic E-state index is 12.7. The maximum absolute atomic E-state index is 12.7. The number of hydrogen-bond donors (Lipinski definition) is 2. The average molecular weight is 348 g/mol. The summed E-state index contributed by atoms with van der Waals surface area (Å²) in [5.74, 6) is 0.544. The van der Waals surface area contributed by atoms with Crippen LogP contribution in [0.4, 0.5) is 0 Å². The summed E-state index contributed by atoms with van der Waals surface area (Å²) >= 11 is 0. The van der Waals surface area contributed by atoms with Crippen LogP contribution in [0.15, 0.2) is 22.8 Å². The first-order chi connectivity index (χ1) is 11.6. The molecule has 1 fully saturated rings. The van der Waals surface area contributed by atoms with Crippen LogP contribution in [0.2, 0.25) is 0 Å². The van der Waals surface area contributed by atoms with Gasteiger partial charge in [0, 0.05) is 18.9 Å². The topological polar surface area (TPSA) is 66.8 Å². The Hall–Kier alpha value is -0.970. The number of aliphatic hydroxyl groups excluding tert-OH is 1. The molecule has 140 valence electrons. The highest BCUT2D eigenvalue weighted by molar-refractivity contribution is 6.00. The van der Waals surface area contributed by atoms with Gasteiger partial charge >= 0.3 is 0 Å². The van der Waals surface area contributed by atoms with Crippen molar-refractivity contribution in [1.82, 2.24) is 0 Å². The number of Topliss-reactive ketones (excluding diaryl/α,β-unsaturated/α-hetero) is 1. The highest BCUT2D eigenvalue weighted by Gasteiger charge is 2.51. The van der Waals surface area contributed by atoms with Gasteiger partial charge in [-0.05, 0) is 48.2 Å². The number of ketones is 1. The summed E-state index contributed by atoms with van der Waals surface area (Å²) in [5.41, 5.74) is 1.54. The number of allylic oxidation sites excluding steroid dienone is 2. The number of fused-ring (bicyclic) bond motifs is 2. The van der Waals surface area contributed by atoms with E-state index >= 15 is 0 Å². The fraction of sp³-hybridized carbons (Fsp3) is 0.762. The lowest BCUT2D eigenvalue weighted by molar-refractivity contribution is -0.116. The molecule has 0 aromatic heterocycles. The predicted octanol–water partition coefficient (Wildman–Crippen LogP) is 3.03. The molecule has 0 aromatic rings. The average Bonchev–Trinajstić information content (AvgIpc) is 2.93. The molecule has 25 heavy (non-hydrogen) atoms. The molecule has 5 atom stereocenters. The summed E-state index contributed by atoms with van der Waals surface area (Å²) in [7, 11) is 1.61. The molecule has 4 nitrogen and oxygen atoms in total. The summed E-state index contributed by atoms with van der Waals surface area (Å²) in [4.78, 5) is 12.7. The normalized spacial score (nSPS) is 43.6. The van der Waals surface area contributed by atoms with Gasteiger partial charge < -0.3 is 14.9 Å². The number of rotatable bonds is 3. The van der Waals surface area contributed by atoms with Crippen molar-refractivity contribution in [2.24, 2.45) is 23.2 Å². The van der Waals surface area contributed by atoms with Crippen molar-refractivity contribution < 1.29 is 19.7 Å². The first-order valence-corrected chi connectivity index (χ1v) is 9.52. The van der Waals surface area contributed by atoms with Gasteiger partial charge in [0.05, 0.1) is 12.7 Å². The molecule has 0 spiro atoms. The fourth-order valence-electron chi connectivity index (χ4n) is 5.39. The van der Waals surface area contributed by atoms with Crippen LogP contribution in [-0.4, -0.2) is 41.4 Å². The van der Waals surface area contributed by atoms with Crippen LogP contribution in [0.3, 0.4) is 0 Å². The van der Waals surface area contributed by atoms with Gasteiger partial charge in [-0.1, -0.05) is 39.3 Å². The standard InChI is InChI=1S/C21H32O4/c1-12(2)19-15-8-17(22)13(3)14-6-7-21(24,11-25-5)16(14)9-20(15,4)10-18(19)23/h9,12-14,17,22,24H,6-8,10-11H2,1-5H3/b16-9+/t13-,14+,17+,20+,21+/m1/s1. The quantitative estimate of drug-likeness (QED) is 0.770. The zero-order valence-electron chi connectivity index (χ0n) is 16.1. The molecule has 3 aliphatic rings. The zero-order valence-corrected chi connectivity index (χ0v) is 16.1. The second-order valence-electron chi connectivity index (χ2n) is 8.90. The van der Waals surface area contributed by atoms with Gasteiger partial charge in [-0.2, -0.15) is 0 Å². The monoisotopic (exact) mass is 348 g/mol. The lowest BCUT2D eigenvalue weighted by atomic mass is 9.69. The minimum absolute atomic E-state index is 0.0540. The third-order valence-corrected chi connectivity index (χ3v) is 6.74. The SMILES string of the molecule is COC[C@@]1(O)CC[C@@H]2/C1=C\[C@@]1(C)CC(=O)C(C(C)C)=C1C[C@H](O)[C@@H]2C. The van der Waals surface area contributed by atoms with Crippen LogP contribution in [0, 0.1) is 23.2 Å². The van der Waals surface area contributed by atoms with Crippen molar-refractivity contribution in [2.45, 2.75) is 65.1 Å². The third-order valence-electron chi connectivity index (χ3n) is 6.74. The van der Waals surface area contributed by atoms with Gasteiger partial charge in [-0.3, -0.25) is 4.79 Å². The third kappa shape index (κ3) is 2.92. The van der Waals surface area contributed by atoms with Gasteiger partial charge in [0.1, 0.15) is 5.60 Å². The summed E-state index contributed by atoms with van der Waals surface area (Å²) in [6, 6.07) is 0. The van der Waals surface area contributed by atoms with E-state index in [9.17, 15) is 15.0 Å². The van der Waals surface area contributed by atoms with Crippen LogP contribution in [0.5, 0.6) is 0 Å². The van der Waals surface area contributed by atoms with E-state index in [1.165, 1.54) is 0 Å². The largest absolute Gasteiger partial charge is 0.392 e. The molecule has 0 aromatic carbocycles. The predicted molar refractivity (Wildman–Crippen MR) is 97.0 cm³/mol. The van der Waals surface area contributed by atoms with E-state index in [-0.39, 0.29) is 30.1 Å². The second kappa shape index (κ2) is 6.33. The van der Waals surface area contributed by atoms with E-state index in [1.807, 2.05) is 13.8 Å². The molecule has 0 aliphatic heterocycles. The number of methoxy groups -OCH3 is 1. The van der Waals surface area contributed by atoms with Gasteiger partial charge in [0.15, 0.2) is 5.78 Å². The van der Waals surface area contributed by atoms with Crippen LogP contribution in [0.25, 0.3) is 0 Å². The molecule has 3 aliphatic carbocycles. The Bertz CT molecular complexity index is 632. The fourth-order valence-corrected chi connectivity index (χ4v) is 5.39.